The topological polar surface area (TPSA) is 21.1 Å². The molecule has 4 heteroatoms. The lowest BCUT2D eigenvalue weighted by Gasteiger charge is -2.15. The van der Waals surface area contributed by atoms with Gasteiger partial charge in [-0.15, -0.1) is 0 Å². The van der Waals surface area contributed by atoms with Crippen molar-refractivity contribution in [3.05, 3.63) is 64.9 Å². The third kappa shape index (κ3) is 3.33. The van der Waals surface area contributed by atoms with Crippen LogP contribution in [-0.4, -0.2) is 34.1 Å². The summed E-state index contributed by atoms with van der Waals surface area (Å²) in [6.45, 7) is 4.41. The highest BCUT2D eigenvalue weighted by molar-refractivity contribution is 6.30. The molecular weight excluding hydrogens is 318 g/mol. The molecule has 2 aromatic carbocycles. The predicted molar refractivity (Wildman–Crippen MR) is 99.7 cm³/mol. The van der Waals surface area contributed by atoms with Gasteiger partial charge in [0.1, 0.15) is 5.82 Å². The second-order valence-corrected chi connectivity index (χ2v) is 6.96. The van der Waals surface area contributed by atoms with E-state index in [1.165, 1.54) is 42.8 Å². The van der Waals surface area contributed by atoms with Crippen LogP contribution in [0, 0.1) is 0 Å². The molecule has 1 saturated heterocycles. The Balaban J connectivity index is 1.62. The van der Waals surface area contributed by atoms with Gasteiger partial charge in [0, 0.05) is 24.5 Å². The normalized spacial score (nSPS) is 15.4. The van der Waals surface area contributed by atoms with E-state index in [-0.39, 0.29) is 0 Å². The van der Waals surface area contributed by atoms with Crippen LogP contribution in [0.4, 0.5) is 0 Å². The van der Waals surface area contributed by atoms with Crippen molar-refractivity contribution in [3.8, 4) is 0 Å². The summed E-state index contributed by atoms with van der Waals surface area (Å²) in [5, 5.41) is 0.781. The minimum atomic E-state index is 0.781. The minimum Gasteiger partial charge on any atom is -0.323 e. The largest absolute Gasteiger partial charge is 0.323 e. The van der Waals surface area contributed by atoms with Gasteiger partial charge in [-0.25, -0.2) is 4.98 Å². The van der Waals surface area contributed by atoms with E-state index in [4.69, 9.17) is 16.6 Å². The van der Waals surface area contributed by atoms with Gasteiger partial charge in [-0.2, -0.15) is 0 Å². The Kier molecular flexibility index (Phi) is 4.54. The summed E-state index contributed by atoms with van der Waals surface area (Å²) in [6, 6.07) is 16.5. The first-order valence-corrected chi connectivity index (χ1v) is 9.08. The molecule has 24 heavy (non-hydrogen) atoms. The molecule has 0 bridgehead atoms. The van der Waals surface area contributed by atoms with Crippen LogP contribution in [0.1, 0.15) is 24.2 Å². The fourth-order valence-corrected chi connectivity index (χ4v) is 3.66. The zero-order valence-electron chi connectivity index (χ0n) is 13.8. The number of halogens is 1. The van der Waals surface area contributed by atoms with Crippen molar-refractivity contribution in [1.82, 2.24) is 14.5 Å². The maximum Gasteiger partial charge on any atom is 0.111 e. The van der Waals surface area contributed by atoms with Crippen LogP contribution < -0.4 is 0 Å². The van der Waals surface area contributed by atoms with Crippen molar-refractivity contribution in [2.75, 3.05) is 19.6 Å². The third-order valence-corrected chi connectivity index (χ3v) is 5.09. The van der Waals surface area contributed by atoms with E-state index in [1.54, 1.807) is 0 Å². The molecule has 0 unspecified atom stereocenters. The number of nitrogens with zero attached hydrogens (tertiary/aromatic N) is 3. The summed E-state index contributed by atoms with van der Waals surface area (Å²) in [7, 11) is 0. The zero-order chi connectivity index (χ0) is 16.4. The monoisotopic (exact) mass is 339 g/mol. The second-order valence-electron chi connectivity index (χ2n) is 6.53. The molecule has 124 valence electrons. The van der Waals surface area contributed by atoms with Crippen LogP contribution in [0.25, 0.3) is 11.0 Å². The van der Waals surface area contributed by atoms with Gasteiger partial charge >= 0.3 is 0 Å². The Labute approximate surface area is 147 Å². The summed E-state index contributed by atoms with van der Waals surface area (Å²) in [5.74, 6) is 1.18. The fraction of sp³-hybridized carbons (Fsp3) is 0.350. The number of aromatic nitrogens is 2. The molecule has 0 saturated carbocycles. The fourth-order valence-electron chi connectivity index (χ4n) is 3.53. The number of benzene rings is 2. The number of likely N-dealkylation sites (tertiary alicyclic amines) is 1. The Morgan fingerprint density at radius 3 is 2.50 bits per heavy atom. The maximum atomic E-state index is 6.02. The molecule has 0 spiro atoms. The smallest absolute Gasteiger partial charge is 0.111 e. The van der Waals surface area contributed by atoms with Crippen molar-refractivity contribution in [2.45, 2.75) is 25.8 Å². The van der Waals surface area contributed by atoms with Crippen LogP contribution in [0.5, 0.6) is 0 Å². The Hall–Kier alpha value is -1.84. The summed E-state index contributed by atoms with van der Waals surface area (Å²) < 4.78 is 2.36. The highest BCUT2D eigenvalue weighted by Gasteiger charge is 2.15. The van der Waals surface area contributed by atoms with Crippen LogP contribution in [0.15, 0.2) is 48.5 Å². The van der Waals surface area contributed by atoms with Crippen molar-refractivity contribution in [1.29, 1.82) is 0 Å². The number of hydrogen-bond acceptors (Lipinski definition) is 2. The first kappa shape index (κ1) is 15.7. The van der Waals surface area contributed by atoms with Crippen molar-refractivity contribution >= 4 is 22.6 Å². The highest BCUT2D eigenvalue weighted by atomic mass is 35.5. The summed E-state index contributed by atoms with van der Waals surface area (Å²) >= 11 is 6.02. The van der Waals surface area contributed by atoms with Gasteiger partial charge in [0.2, 0.25) is 0 Å². The van der Waals surface area contributed by atoms with Crippen LogP contribution in [0.2, 0.25) is 5.02 Å². The van der Waals surface area contributed by atoms with Crippen LogP contribution in [0.3, 0.4) is 0 Å². The van der Waals surface area contributed by atoms with Gasteiger partial charge in [0.15, 0.2) is 0 Å². The van der Waals surface area contributed by atoms with Gasteiger partial charge in [0.25, 0.3) is 0 Å². The minimum absolute atomic E-state index is 0.781. The van der Waals surface area contributed by atoms with E-state index in [9.17, 15) is 0 Å². The number of para-hydroxylation sites is 2. The zero-order valence-corrected chi connectivity index (χ0v) is 14.5. The first-order valence-electron chi connectivity index (χ1n) is 8.70. The van der Waals surface area contributed by atoms with E-state index in [1.807, 2.05) is 12.1 Å². The molecule has 1 aliphatic heterocycles. The molecule has 0 atom stereocenters. The second kappa shape index (κ2) is 6.96. The lowest BCUT2D eigenvalue weighted by molar-refractivity contribution is 0.339. The van der Waals surface area contributed by atoms with Gasteiger partial charge in [-0.05, 0) is 55.8 Å². The predicted octanol–water partition coefficient (Wildman–Crippen LogP) is 4.38. The average Bonchev–Trinajstić information content (AvgIpc) is 3.23. The Bertz CT molecular complexity index is 817. The Morgan fingerprint density at radius 2 is 1.71 bits per heavy atom. The molecule has 3 nitrogen and oxygen atoms in total. The van der Waals surface area contributed by atoms with E-state index >= 15 is 0 Å². The quantitative estimate of drug-likeness (QED) is 0.688. The van der Waals surface area contributed by atoms with E-state index in [0.717, 1.165) is 30.0 Å². The Morgan fingerprint density at radius 1 is 0.958 bits per heavy atom. The molecule has 4 rings (SSSR count). The van der Waals surface area contributed by atoms with Gasteiger partial charge in [0.05, 0.1) is 11.0 Å². The number of imidazole rings is 1. The molecule has 1 aromatic heterocycles. The number of rotatable bonds is 5. The van der Waals surface area contributed by atoms with Crippen molar-refractivity contribution in [2.24, 2.45) is 0 Å². The molecule has 0 amide bonds. The summed E-state index contributed by atoms with van der Waals surface area (Å²) in [4.78, 5) is 7.45. The van der Waals surface area contributed by atoms with Crippen molar-refractivity contribution < 1.29 is 0 Å². The SMILES string of the molecule is Clc1ccc(Cn2c(CCN3CCCC3)nc3ccccc32)cc1. The molecule has 0 aliphatic carbocycles. The first-order chi connectivity index (χ1) is 11.8. The summed E-state index contributed by atoms with van der Waals surface area (Å²) in [5.41, 5.74) is 3.55. The standard InChI is InChI=1S/C20H22ClN3/c21-17-9-7-16(8-10-17)15-24-19-6-2-1-5-18(19)22-20(24)11-14-23-12-3-4-13-23/h1-2,5-10H,3-4,11-15H2. The molecule has 2 heterocycles. The molecule has 0 N–H and O–H groups in total. The van der Waals surface area contributed by atoms with Gasteiger partial charge < -0.3 is 9.47 Å². The molecular formula is C20H22ClN3. The van der Waals surface area contributed by atoms with Gasteiger partial charge in [-0.1, -0.05) is 35.9 Å². The van der Waals surface area contributed by atoms with E-state index in [0.29, 0.717) is 0 Å². The molecule has 1 aliphatic rings. The average molecular weight is 340 g/mol. The molecule has 1 fully saturated rings. The maximum absolute atomic E-state index is 6.02. The van der Waals surface area contributed by atoms with Gasteiger partial charge in [-0.3, -0.25) is 0 Å². The van der Waals surface area contributed by atoms with Crippen molar-refractivity contribution in [3.63, 3.8) is 0 Å². The molecule has 3 aromatic rings. The molecule has 0 radical (unpaired) electrons. The number of fused-ring (bicyclic) bond motifs is 1. The van der Waals surface area contributed by atoms with E-state index < -0.39 is 0 Å². The lowest BCUT2D eigenvalue weighted by atomic mass is 10.2. The van der Waals surface area contributed by atoms with E-state index in [2.05, 4.69) is 45.9 Å². The highest BCUT2D eigenvalue weighted by Crippen LogP contribution is 2.20. The summed E-state index contributed by atoms with van der Waals surface area (Å²) in [6.07, 6.45) is 3.67. The lowest BCUT2D eigenvalue weighted by Crippen LogP contribution is -2.23. The van der Waals surface area contributed by atoms with Crippen LogP contribution >= 0.6 is 11.6 Å². The number of hydrogen-bond donors (Lipinski definition) is 0. The van der Waals surface area contributed by atoms with Crippen LogP contribution in [-0.2, 0) is 13.0 Å². The third-order valence-electron chi connectivity index (χ3n) is 4.84.